The quantitative estimate of drug-likeness (QED) is 0.659. The van der Waals surface area contributed by atoms with Gasteiger partial charge in [-0.15, -0.1) is 0 Å². The molecule has 5 nitrogen and oxygen atoms in total. The van der Waals surface area contributed by atoms with Crippen molar-refractivity contribution >= 4 is 17.5 Å². The lowest BCUT2D eigenvalue weighted by atomic mass is 9.86. The third kappa shape index (κ3) is 5.47. The molecule has 6 heteroatoms. The predicted molar refractivity (Wildman–Crippen MR) is 126 cm³/mol. The van der Waals surface area contributed by atoms with E-state index in [0.717, 1.165) is 42.9 Å². The molecule has 0 radical (unpaired) electrons. The summed E-state index contributed by atoms with van der Waals surface area (Å²) in [4.78, 5) is 15.2. The van der Waals surface area contributed by atoms with Gasteiger partial charge in [-0.1, -0.05) is 56.6 Å². The highest BCUT2D eigenvalue weighted by Gasteiger charge is 2.32. The van der Waals surface area contributed by atoms with E-state index in [-0.39, 0.29) is 23.4 Å². The van der Waals surface area contributed by atoms with Crippen LogP contribution in [0.5, 0.6) is 0 Å². The van der Waals surface area contributed by atoms with Gasteiger partial charge in [0.15, 0.2) is 0 Å². The molecule has 2 aromatic rings. The Morgan fingerprint density at radius 2 is 1.65 bits per heavy atom. The molecule has 2 aliphatic heterocycles. The first-order valence-corrected chi connectivity index (χ1v) is 11.6. The Kier molecular flexibility index (Phi) is 6.68. The van der Waals surface area contributed by atoms with Gasteiger partial charge >= 0.3 is 0 Å². The van der Waals surface area contributed by atoms with Crippen molar-refractivity contribution < 1.29 is 4.79 Å². The minimum atomic E-state index is 0.0300. The molecule has 2 heterocycles. The maximum Gasteiger partial charge on any atom is 0.251 e. The number of amides is 1. The van der Waals surface area contributed by atoms with E-state index in [4.69, 9.17) is 11.6 Å². The number of nitrogens with zero attached hydrogens (tertiary/aromatic N) is 1. The van der Waals surface area contributed by atoms with E-state index in [1.807, 2.05) is 24.3 Å². The second kappa shape index (κ2) is 9.29. The highest BCUT2D eigenvalue weighted by atomic mass is 35.5. The molecule has 2 fully saturated rings. The molecular weight excluding hydrogens is 408 g/mol. The zero-order valence-corrected chi connectivity index (χ0v) is 19.4. The zero-order chi connectivity index (χ0) is 22.0. The van der Waals surface area contributed by atoms with Crippen LogP contribution >= 0.6 is 11.6 Å². The standard InChI is InChI=1S/C25H33ClN4O/c1-25(2,3)19-8-4-18(5-9-19)24(31)27-21-12-14-30(15-13-21)23-16-22(28-29-23)17-6-10-20(26)11-7-17/h4-11,21-23,28-29H,12-16H2,1-3H3,(H,27,31). The molecule has 0 spiro atoms. The van der Waals surface area contributed by atoms with E-state index in [1.165, 1.54) is 11.1 Å². The third-order valence-corrected chi connectivity index (χ3v) is 6.73. The molecule has 2 unspecified atom stereocenters. The van der Waals surface area contributed by atoms with Gasteiger partial charge in [-0.25, -0.2) is 10.9 Å². The highest BCUT2D eigenvalue weighted by molar-refractivity contribution is 6.30. The molecule has 2 aromatic carbocycles. The number of likely N-dealkylation sites (tertiary alicyclic amines) is 1. The molecule has 0 saturated carbocycles. The lowest BCUT2D eigenvalue weighted by Crippen LogP contribution is -2.51. The van der Waals surface area contributed by atoms with Gasteiger partial charge < -0.3 is 5.32 Å². The van der Waals surface area contributed by atoms with Crippen LogP contribution in [-0.4, -0.2) is 36.1 Å². The molecule has 166 valence electrons. The second-order valence-electron chi connectivity index (χ2n) is 9.76. The normalized spacial score (nSPS) is 23.1. The summed E-state index contributed by atoms with van der Waals surface area (Å²) < 4.78 is 0. The van der Waals surface area contributed by atoms with E-state index in [0.29, 0.717) is 6.17 Å². The minimum absolute atomic E-state index is 0.0300. The number of rotatable bonds is 4. The van der Waals surface area contributed by atoms with Crippen molar-refractivity contribution in [1.82, 2.24) is 21.1 Å². The average molecular weight is 441 g/mol. The van der Waals surface area contributed by atoms with Crippen LogP contribution in [0, 0.1) is 0 Å². The van der Waals surface area contributed by atoms with E-state index in [1.54, 1.807) is 0 Å². The number of hydrogen-bond acceptors (Lipinski definition) is 4. The number of piperidine rings is 1. The Morgan fingerprint density at radius 1 is 1.00 bits per heavy atom. The van der Waals surface area contributed by atoms with Crippen LogP contribution in [0.15, 0.2) is 48.5 Å². The zero-order valence-electron chi connectivity index (χ0n) is 18.6. The Morgan fingerprint density at radius 3 is 2.26 bits per heavy atom. The summed E-state index contributed by atoms with van der Waals surface area (Å²) in [7, 11) is 0. The van der Waals surface area contributed by atoms with E-state index >= 15 is 0 Å². The predicted octanol–water partition coefficient (Wildman–Crippen LogP) is 4.40. The number of hydrazine groups is 1. The fraction of sp³-hybridized carbons (Fsp3) is 0.480. The molecular formula is C25H33ClN4O. The van der Waals surface area contributed by atoms with Gasteiger partial charge in [0.25, 0.3) is 5.91 Å². The minimum Gasteiger partial charge on any atom is -0.349 e. The summed E-state index contributed by atoms with van der Waals surface area (Å²) in [6, 6.07) is 16.6. The van der Waals surface area contributed by atoms with Gasteiger partial charge in [-0.3, -0.25) is 9.69 Å². The Bertz CT molecular complexity index is 883. The maximum absolute atomic E-state index is 12.7. The van der Waals surface area contributed by atoms with Crippen molar-refractivity contribution in [2.24, 2.45) is 0 Å². The highest BCUT2D eigenvalue weighted by Crippen LogP contribution is 2.27. The summed E-state index contributed by atoms with van der Waals surface area (Å²) >= 11 is 6.01. The van der Waals surface area contributed by atoms with Crippen LogP contribution in [0.4, 0.5) is 0 Å². The summed E-state index contributed by atoms with van der Waals surface area (Å²) in [6.07, 6.45) is 3.26. The van der Waals surface area contributed by atoms with Gasteiger partial charge in [-0.2, -0.15) is 0 Å². The van der Waals surface area contributed by atoms with Crippen LogP contribution in [0.2, 0.25) is 5.02 Å². The average Bonchev–Trinajstić information content (AvgIpc) is 3.24. The third-order valence-electron chi connectivity index (χ3n) is 6.47. The van der Waals surface area contributed by atoms with E-state index in [9.17, 15) is 4.79 Å². The molecule has 0 aromatic heterocycles. The van der Waals surface area contributed by atoms with Crippen LogP contribution in [0.1, 0.15) is 67.6 Å². The van der Waals surface area contributed by atoms with Crippen molar-refractivity contribution in [1.29, 1.82) is 0 Å². The second-order valence-corrected chi connectivity index (χ2v) is 10.2. The smallest absolute Gasteiger partial charge is 0.251 e. The summed E-state index contributed by atoms with van der Waals surface area (Å²) in [5, 5.41) is 3.99. The van der Waals surface area contributed by atoms with Gasteiger partial charge in [0.05, 0.1) is 6.17 Å². The van der Waals surface area contributed by atoms with Crippen LogP contribution in [0.25, 0.3) is 0 Å². The number of hydrogen-bond donors (Lipinski definition) is 3. The molecule has 0 aliphatic carbocycles. The van der Waals surface area contributed by atoms with Gasteiger partial charge in [0, 0.05) is 35.8 Å². The number of halogens is 1. The van der Waals surface area contributed by atoms with Crippen molar-refractivity contribution in [2.75, 3.05) is 13.1 Å². The number of nitrogens with one attached hydrogen (secondary N) is 3. The molecule has 1 amide bonds. The Labute approximate surface area is 190 Å². The number of benzene rings is 2. The Balaban J connectivity index is 1.25. The summed E-state index contributed by atoms with van der Waals surface area (Å²) in [6.45, 7) is 8.49. The van der Waals surface area contributed by atoms with Crippen molar-refractivity contribution in [3.63, 3.8) is 0 Å². The monoisotopic (exact) mass is 440 g/mol. The molecule has 3 N–H and O–H groups in total. The molecule has 2 saturated heterocycles. The fourth-order valence-corrected chi connectivity index (χ4v) is 4.56. The molecule has 4 rings (SSSR count). The summed E-state index contributed by atoms with van der Waals surface area (Å²) in [5.41, 5.74) is 10.2. The number of carbonyl (C=O) groups excluding carboxylic acids is 1. The largest absolute Gasteiger partial charge is 0.349 e. The SMILES string of the molecule is CC(C)(C)c1ccc(C(=O)NC2CCN(C3CC(c4ccc(Cl)cc4)NN3)CC2)cc1. The molecule has 0 bridgehead atoms. The van der Waals surface area contributed by atoms with Crippen LogP contribution in [0.3, 0.4) is 0 Å². The fourth-order valence-electron chi connectivity index (χ4n) is 4.44. The number of carbonyl (C=O) groups is 1. The van der Waals surface area contributed by atoms with Gasteiger partial charge in [-0.05, 0) is 60.1 Å². The maximum atomic E-state index is 12.7. The lowest BCUT2D eigenvalue weighted by molar-refractivity contribution is 0.0880. The van der Waals surface area contributed by atoms with Crippen molar-refractivity contribution in [3.05, 3.63) is 70.2 Å². The lowest BCUT2D eigenvalue weighted by Gasteiger charge is -2.35. The first-order chi connectivity index (χ1) is 14.8. The van der Waals surface area contributed by atoms with Gasteiger partial charge in [0.1, 0.15) is 0 Å². The van der Waals surface area contributed by atoms with Crippen LogP contribution in [-0.2, 0) is 5.41 Å². The summed E-state index contributed by atoms with van der Waals surface area (Å²) in [5.74, 6) is 0.0300. The molecule has 2 atom stereocenters. The van der Waals surface area contributed by atoms with Crippen molar-refractivity contribution in [2.45, 2.75) is 63.7 Å². The Hall–Kier alpha value is -1.92. The van der Waals surface area contributed by atoms with Crippen LogP contribution < -0.4 is 16.2 Å². The first-order valence-electron chi connectivity index (χ1n) is 11.2. The molecule has 2 aliphatic rings. The van der Waals surface area contributed by atoms with Crippen molar-refractivity contribution in [3.8, 4) is 0 Å². The molecule has 31 heavy (non-hydrogen) atoms. The first kappa shape index (κ1) is 22.3. The van der Waals surface area contributed by atoms with E-state index in [2.05, 4.69) is 66.1 Å². The van der Waals surface area contributed by atoms with E-state index < -0.39 is 0 Å². The topological polar surface area (TPSA) is 56.4 Å². The van der Waals surface area contributed by atoms with Gasteiger partial charge in [0.2, 0.25) is 0 Å².